The van der Waals surface area contributed by atoms with E-state index in [9.17, 15) is 9.59 Å². The molecule has 2 aromatic carbocycles. The Morgan fingerprint density at radius 2 is 1.76 bits per heavy atom. The largest absolute Gasteiger partial charge is 0.345 e. The predicted molar refractivity (Wildman–Crippen MR) is 118 cm³/mol. The van der Waals surface area contributed by atoms with Gasteiger partial charge >= 0.3 is 0 Å². The monoisotopic (exact) mass is 407 g/mol. The summed E-state index contributed by atoms with van der Waals surface area (Å²) in [6.07, 6.45) is 1.56. The fourth-order valence-electron chi connectivity index (χ4n) is 3.61. The van der Waals surface area contributed by atoms with Gasteiger partial charge in [-0.3, -0.25) is 9.59 Å². The molecular formula is C23H25N3O2S. The number of carbonyl (C=O) groups is 2. The molecule has 1 aliphatic heterocycles. The summed E-state index contributed by atoms with van der Waals surface area (Å²) in [5.41, 5.74) is 3.04. The number of rotatable bonds is 6. The molecule has 0 atom stereocenters. The Kier molecular flexibility index (Phi) is 5.90. The van der Waals surface area contributed by atoms with Crippen molar-refractivity contribution in [1.29, 1.82) is 0 Å². The lowest BCUT2D eigenvalue weighted by atomic mass is 10.1. The van der Waals surface area contributed by atoms with Crippen molar-refractivity contribution in [3.05, 3.63) is 59.7 Å². The summed E-state index contributed by atoms with van der Waals surface area (Å²) in [6.45, 7) is 5.06. The van der Waals surface area contributed by atoms with E-state index in [1.54, 1.807) is 23.5 Å². The number of hydrogen-bond acceptors (Lipinski definition) is 5. The number of Topliss-reactive ketones (excluding diaryl/α,β-unsaturated/α-hetero) is 1. The van der Waals surface area contributed by atoms with Crippen LogP contribution in [0.25, 0.3) is 10.2 Å². The molecule has 0 spiro atoms. The van der Waals surface area contributed by atoms with E-state index in [-0.39, 0.29) is 24.5 Å². The zero-order chi connectivity index (χ0) is 20.2. The molecule has 29 heavy (non-hydrogen) atoms. The lowest BCUT2D eigenvalue weighted by Gasteiger charge is -2.34. The highest BCUT2D eigenvalue weighted by Crippen LogP contribution is 2.30. The number of aromatic nitrogens is 1. The van der Waals surface area contributed by atoms with Gasteiger partial charge in [0.25, 0.3) is 0 Å². The van der Waals surface area contributed by atoms with Crippen molar-refractivity contribution >= 4 is 38.4 Å². The van der Waals surface area contributed by atoms with Crippen LogP contribution in [0.5, 0.6) is 0 Å². The van der Waals surface area contributed by atoms with Gasteiger partial charge in [0, 0.05) is 44.6 Å². The van der Waals surface area contributed by atoms with Gasteiger partial charge in [-0.1, -0.05) is 54.7 Å². The maximum atomic E-state index is 12.5. The summed E-state index contributed by atoms with van der Waals surface area (Å²) in [6, 6.07) is 15.6. The van der Waals surface area contributed by atoms with Crippen LogP contribution in [0.2, 0.25) is 0 Å². The third-order valence-electron chi connectivity index (χ3n) is 5.41. The number of aryl methyl sites for hydroxylation is 1. The quantitative estimate of drug-likeness (QED) is 0.576. The van der Waals surface area contributed by atoms with Crippen molar-refractivity contribution in [3.63, 3.8) is 0 Å². The molecule has 0 N–H and O–H groups in total. The smallest absolute Gasteiger partial charge is 0.223 e. The molecule has 6 heteroatoms. The minimum Gasteiger partial charge on any atom is -0.345 e. The Labute approximate surface area is 175 Å². The molecule has 0 aliphatic carbocycles. The average Bonchev–Trinajstić information content (AvgIpc) is 3.21. The Morgan fingerprint density at radius 1 is 1.00 bits per heavy atom. The van der Waals surface area contributed by atoms with Gasteiger partial charge in [0.2, 0.25) is 5.91 Å². The van der Waals surface area contributed by atoms with E-state index in [1.807, 2.05) is 23.1 Å². The van der Waals surface area contributed by atoms with E-state index in [1.165, 1.54) is 10.3 Å². The number of fused-ring (bicyclic) bond motifs is 1. The van der Waals surface area contributed by atoms with Crippen LogP contribution < -0.4 is 4.90 Å². The van der Waals surface area contributed by atoms with E-state index >= 15 is 0 Å². The average molecular weight is 408 g/mol. The van der Waals surface area contributed by atoms with Crippen molar-refractivity contribution in [2.75, 3.05) is 31.1 Å². The van der Waals surface area contributed by atoms with E-state index in [0.29, 0.717) is 18.7 Å². The van der Waals surface area contributed by atoms with Crippen LogP contribution >= 0.6 is 11.3 Å². The van der Waals surface area contributed by atoms with Gasteiger partial charge in [-0.15, -0.1) is 0 Å². The maximum absolute atomic E-state index is 12.5. The molecule has 5 nitrogen and oxygen atoms in total. The highest BCUT2D eigenvalue weighted by molar-refractivity contribution is 7.22. The highest BCUT2D eigenvalue weighted by Gasteiger charge is 2.23. The number of anilines is 1. The van der Waals surface area contributed by atoms with Crippen LogP contribution in [0.4, 0.5) is 5.13 Å². The summed E-state index contributed by atoms with van der Waals surface area (Å²) in [7, 11) is 0. The summed E-state index contributed by atoms with van der Waals surface area (Å²) >= 11 is 1.72. The van der Waals surface area contributed by atoms with Crippen molar-refractivity contribution in [1.82, 2.24) is 9.88 Å². The van der Waals surface area contributed by atoms with Gasteiger partial charge < -0.3 is 9.80 Å². The van der Waals surface area contributed by atoms with E-state index < -0.39 is 0 Å². The van der Waals surface area contributed by atoms with Gasteiger partial charge in [0.05, 0.1) is 10.2 Å². The van der Waals surface area contributed by atoms with Gasteiger partial charge in [0.15, 0.2) is 10.9 Å². The number of hydrogen-bond donors (Lipinski definition) is 0. The molecule has 2 heterocycles. The number of benzene rings is 2. The molecule has 1 saturated heterocycles. The third kappa shape index (κ3) is 4.48. The van der Waals surface area contributed by atoms with E-state index in [4.69, 9.17) is 4.98 Å². The zero-order valence-corrected chi connectivity index (χ0v) is 17.5. The molecule has 4 rings (SSSR count). The van der Waals surface area contributed by atoms with E-state index in [2.05, 4.69) is 30.0 Å². The van der Waals surface area contributed by atoms with Crippen LogP contribution in [0, 0.1) is 0 Å². The van der Waals surface area contributed by atoms with Gasteiger partial charge in [-0.25, -0.2) is 4.98 Å². The van der Waals surface area contributed by atoms with Crippen LogP contribution in [0.1, 0.15) is 35.7 Å². The van der Waals surface area contributed by atoms with Crippen LogP contribution in [0.15, 0.2) is 48.5 Å². The first-order valence-electron chi connectivity index (χ1n) is 10.1. The Balaban J connectivity index is 1.31. The molecule has 0 bridgehead atoms. The van der Waals surface area contributed by atoms with E-state index in [0.717, 1.165) is 30.2 Å². The van der Waals surface area contributed by atoms with Crippen LogP contribution in [-0.2, 0) is 11.2 Å². The standard InChI is InChI=1S/C23H25N3O2S/c1-2-17-8-9-19-21(16-17)29-23(24-19)26-14-12-25(13-15-26)22(28)11-10-20(27)18-6-4-3-5-7-18/h3-9,16H,2,10-15H2,1H3. The fourth-order valence-corrected chi connectivity index (χ4v) is 4.69. The SMILES string of the molecule is CCc1ccc2nc(N3CCN(C(=O)CCC(=O)c4ccccc4)CC3)sc2c1. The van der Waals surface area contributed by atoms with Crippen molar-refractivity contribution in [3.8, 4) is 0 Å². The maximum Gasteiger partial charge on any atom is 0.223 e. The summed E-state index contributed by atoms with van der Waals surface area (Å²) in [5.74, 6) is 0.0873. The molecular weight excluding hydrogens is 382 g/mol. The zero-order valence-electron chi connectivity index (χ0n) is 16.6. The molecule has 150 valence electrons. The Bertz CT molecular complexity index is 1010. The van der Waals surface area contributed by atoms with Crippen molar-refractivity contribution in [2.45, 2.75) is 26.2 Å². The number of amides is 1. The number of piperazine rings is 1. The first kappa shape index (κ1) is 19.6. The minimum atomic E-state index is 0.0264. The number of thiazole rings is 1. The lowest BCUT2D eigenvalue weighted by Crippen LogP contribution is -2.48. The first-order chi connectivity index (χ1) is 14.1. The summed E-state index contributed by atoms with van der Waals surface area (Å²) < 4.78 is 1.22. The molecule has 1 aromatic heterocycles. The Hall–Kier alpha value is -2.73. The molecule has 0 unspecified atom stereocenters. The molecule has 1 fully saturated rings. The normalized spacial score (nSPS) is 14.4. The van der Waals surface area contributed by atoms with Gasteiger partial charge in [0.1, 0.15) is 0 Å². The topological polar surface area (TPSA) is 53.5 Å². The van der Waals surface area contributed by atoms with Gasteiger partial charge in [-0.05, 0) is 24.1 Å². The molecule has 0 radical (unpaired) electrons. The van der Waals surface area contributed by atoms with Gasteiger partial charge in [-0.2, -0.15) is 0 Å². The van der Waals surface area contributed by atoms with Crippen LogP contribution in [0.3, 0.4) is 0 Å². The predicted octanol–water partition coefficient (Wildman–Crippen LogP) is 4.17. The number of nitrogens with zero attached hydrogens (tertiary/aromatic N) is 3. The summed E-state index contributed by atoms with van der Waals surface area (Å²) in [4.78, 5) is 33.6. The second kappa shape index (κ2) is 8.74. The lowest BCUT2D eigenvalue weighted by molar-refractivity contribution is -0.131. The second-order valence-electron chi connectivity index (χ2n) is 7.31. The van der Waals surface area contributed by atoms with Crippen molar-refractivity contribution < 1.29 is 9.59 Å². The third-order valence-corrected chi connectivity index (χ3v) is 6.49. The summed E-state index contributed by atoms with van der Waals surface area (Å²) in [5, 5.41) is 1.03. The molecule has 1 amide bonds. The first-order valence-corrected chi connectivity index (χ1v) is 11.0. The molecule has 1 aliphatic rings. The minimum absolute atomic E-state index is 0.0264. The fraction of sp³-hybridized carbons (Fsp3) is 0.348. The van der Waals surface area contributed by atoms with Crippen LogP contribution in [-0.4, -0.2) is 47.8 Å². The Morgan fingerprint density at radius 3 is 2.48 bits per heavy atom. The highest BCUT2D eigenvalue weighted by atomic mass is 32.1. The molecule has 0 saturated carbocycles. The number of ketones is 1. The second-order valence-corrected chi connectivity index (χ2v) is 8.32. The molecule has 3 aromatic rings. The number of carbonyl (C=O) groups excluding carboxylic acids is 2. The van der Waals surface area contributed by atoms with Crippen molar-refractivity contribution in [2.24, 2.45) is 0 Å².